The molecule has 0 saturated heterocycles. The number of alkyl halides is 2. The van der Waals surface area contributed by atoms with Crippen molar-refractivity contribution in [2.75, 3.05) is 0 Å². The number of carbonyl (C=O) groups is 2. The summed E-state index contributed by atoms with van der Waals surface area (Å²) >= 11 is 0. The van der Waals surface area contributed by atoms with E-state index in [1.807, 2.05) is 6.92 Å². The maximum absolute atomic E-state index is 13.9. The summed E-state index contributed by atoms with van der Waals surface area (Å²) in [6.07, 6.45) is -2.54. The molecule has 1 heterocycles. The van der Waals surface area contributed by atoms with Crippen LogP contribution in [-0.2, 0) is 13.5 Å². The van der Waals surface area contributed by atoms with E-state index in [9.17, 15) is 27.9 Å². The van der Waals surface area contributed by atoms with Crippen molar-refractivity contribution in [2.45, 2.75) is 39.7 Å². The third-order valence-corrected chi connectivity index (χ3v) is 5.34. The van der Waals surface area contributed by atoms with E-state index in [4.69, 9.17) is 4.74 Å². The highest BCUT2D eigenvalue weighted by atomic mass is 19.3. The molecule has 0 fully saturated rings. The Morgan fingerprint density at radius 3 is 2.50 bits per heavy atom. The first-order valence-electron chi connectivity index (χ1n) is 10.5. The number of aryl methyl sites for hydroxylation is 3. The van der Waals surface area contributed by atoms with Gasteiger partial charge in [-0.3, -0.25) is 4.79 Å². The van der Waals surface area contributed by atoms with Gasteiger partial charge in [0.05, 0.1) is 11.6 Å². The van der Waals surface area contributed by atoms with E-state index in [-0.39, 0.29) is 17.2 Å². The fraction of sp³-hybridized carbons (Fsp3) is 0.292. The van der Waals surface area contributed by atoms with E-state index >= 15 is 0 Å². The van der Waals surface area contributed by atoms with Gasteiger partial charge in [0, 0.05) is 13.1 Å². The van der Waals surface area contributed by atoms with Crippen LogP contribution in [-0.4, -0.2) is 26.8 Å². The van der Waals surface area contributed by atoms with Crippen LogP contribution in [0.1, 0.15) is 69.4 Å². The summed E-state index contributed by atoms with van der Waals surface area (Å²) in [6.45, 7) is 5.07. The number of aromatic carboxylic acids is 1. The van der Waals surface area contributed by atoms with Gasteiger partial charge in [-0.25, -0.2) is 22.6 Å². The summed E-state index contributed by atoms with van der Waals surface area (Å²) in [5, 5.41) is 15.6. The van der Waals surface area contributed by atoms with Crippen LogP contribution in [0.3, 0.4) is 0 Å². The van der Waals surface area contributed by atoms with Gasteiger partial charge in [-0.05, 0) is 55.2 Å². The van der Waals surface area contributed by atoms with Crippen molar-refractivity contribution in [1.29, 1.82) is 0 Å². The maximum Gasteiger partial charge on any atom is 0.335 e. The molecule has 1 atom stereocenters. The Labute approximate surface area is 194 Å². The minimum atomic E-state index is -3.06. The molecule has 1 amide bonds. The quantitative estimate of drug-likeness (QED) is 0.458. The van der Waals surface area contributed by atoms with Crippen LogP contribution >= 0.6 is 0 Å². The molecule has 0 radical (unpaired) electrons. The lowest BCUT2D eigenvalue weighted by molar-refractivity contribution is 0.0695. The highest BCUT2D eigenvalue weighted by Gasteiger charge is 2.30. The molecule has 34 heavy (non-hydrogen) atoms. The van der Waals surface area contributed by atoms with Crippen LogP contribution in [0.2, 0.25) is 0 Å². The molecule has 0 bridgehead atoms. The van der Waals surface area contributed by atoms with Gasteiger partial charge in [0.2, 0.25) is 5.88 Å². The number of nitrogens with zero attached hydrogens (tertiary/aromatic N) is 2. The fourth-order valence-corrected chi connectivity index (χ4v) is 3.56. The molecule has 1 unspecified atom stereocenters. The van der Waals surface area contributed by atoms with Crippen molar-refractivity contribution in [2.24, 2.45) is 7.05 Å². The van der Waals surface area contributed by atoms with Crippen molar-refractivity contribution in [1.82, 2.24) is 15.1 Å². The van der Waals surface area contributed by atoms with Gasteiger partial charge in [-0.15, -0.1) is 0 Å². The Morgan fingerprint density at radius 1 is 1.21 bits per heavy atom. The zero-order valence-electron chi connectivity index (χ0n) is 19.0. The molecule has 0 aliphatic heterocycles. The topological polar surface area (TPSA) is 93.4 Å². The lowest BCUT2D eigenvalue weighted by atomic mass is 10.0. The predicted molar refractivity (Wildman–Crippen MR) is 118 cm³/mol. The molecule has 3 rings (SSSR count). The van der Waals surface area contributed by atoms with Crippen LogP contribution in [0, 0.1) is 12.7 Å². The van der Waals surface area contributed by atoms with Crippen LogP contribution < -0.4 is 10.1 Å². The van der Waals surface area contributed by atoms with Crippen molar-refractivity contribution < 1.29 is 32.6 Å². The highest BCUT2D eigenvalue weighted by molar-refractivity contribution is 5.98. The summed E-state index contributed by atoms with van der Waals surface area (Å²) in [5.74, 6) is -2.72. The van der Waals surface area contributed by atoms with Crippen molar-refractivity contribution >= 4 is 11.9 Å². The average molecular weight is 475 g/mol. The number of rotatable bonds is 8. The van der Waals surface area contributed by atoms with E-state index < -0.39 is 41.4 Å². The molecule has 2 aromatic carbocycles. The first-order chi connectivity index (χ1) is 16.0. The molecule has 180 valence electrons. The molecule has 3 aromatic rings. The number of carbonyl (C=O) groups excluding carboxylic acids is 1. The molecule has 10 heteroatoms. The number of carboxylic acids is 1. The van der Waals surface area contributed by atoms with E-state index in [0.717, 1.165) is 10.7 Å². The second-order valence-electron chi connectivity index (χ2n) is 7.82. The van der Waals surface area contributed by atoms with Crippen LogP contribution in [0.5, 0.6) is 11.6 Å². The number of hydrogen-bond donors (Lipinski definition) is 2. The molecule has 0 saturated carbocycles. The highest BCUT2D eigenvalue weighted by Crippen LogP contribution is 2.33. The smallest absolute Gasteiger partial charge is 0.335 e. The Morgan fingerprint density at radius 2 is 1.91 bits per heavy atom. The van der Waals surface area contributed by atoms with Crippen molar-refractivity contribution in [3.05, 3.63) is 75.7 Å². The van der Waals surface area contributed by atoms with Gasteiger partial charge in [-0.1, -0.05) is 19.1 Å². The fourth-order valence-electron chi connectivity index (χ4n) is 3.56. The second-order valence-corrected chi connectivity index (χ2v) is 7.82. The zero-order valence-corrected chi connectivity index (χ0v) is 19.0. The van der Waals surface area contributed by atoms with Crippen LogP contribution in [0.25, 0.3) is 0 Å². The number of aromatic nitrogens is 2. The lowest BCUT2D eigenvalue weighted by Crippen LogP contribution is -2.28. The Kier molecular flexibility index (Phi) is 7.29. The molecular formula is C24H24F3N3O4. The number of halogens is 3. The summed E-state index contributed by atoms with van der Waals surface area (Å²) in [6, 6.07) is 7.87. The van der Waals surface area contributed by atoms with Gasteiger partial charge in [0.1, 0.15) is 22.8 Å². The SMILES string of the molecule is CCc1cc(F)cc(Oc2c(C(=O)NC(C)c3ccc(C(=O)O)c(C)c3)c(C(F)F)nn2C)c1. The van der Waals surface area contributed by atoms with Crippen LogP contribution in [0.15, 0.2) is 36.4 Å². The lowest BCUT2D eigenvalue weighted by Gasteiger charge is -2.17. The van der Waals surface area contributed by atoms with Gasteiger partial charge in [0.15, 0.2) is 0 Å². The summed E-state index contributed by atoms with van der Waals surface area (Å²) in [5.41, 5.74) is 0.580. The Hall–Kier alpha value is -3.82. The largest absolute Gasteiger partial charge is 0.478 e. The standard InChI is InChI=1S/C24H24F3N3O4/c1-5-14-9-16(25)11-17(10-14)34-23-19(20(21(26)27)29-30(23)4)22(31)28-13(3)15-6-7-18(24(32)33)12(2)8-15/h6-11,13,21H,5H2,1-4H3,(H,28,31)(H,32,33). The van der Waals surface area contributed by atoms with E-state index in [2.05, 4.69) is 10.4 Å². The monoisotopic (exact) mass is 475 g/mol. The number of hydrogen-bond acceptors (Lipinski definition) is 4. The number of carboxylic acid groups (broad SMARTS) is 1. The summed E-state index contributed by atoms with van der Waals surface area (Å²) < 4.78 is 48.0. The number of benzene rings is 2. The van der Waals surface area contributed by atoms with Gasteiger partial charge >= 0.3 is 5.97 Å². The Balaban J connectivity index is 1.95. The molecule has 7 nitrogen and oxygen atoms in total. The first-order valence-corrected chi connectivity index (χ1v) is 10.5. The van der Waals surface area contributed by atoms with Gasteiger partial charge in [-0.2, -0.15) is 5.10 Å². The number of nitrogens with one attached hydrogen (secondary N) is 1. The molecule has 0 aliphatic rings. The normalized spacial score (nSPS) is 12.0. The van der Waals surface area contributed by atoms with Crippen molar-refractivity contribution in [3.63, 3.8) is 0 Å². The maximum atomic E-state index is 13.9. The zero-order chi connectivity index (χ0) is 25.2. The third kappa shape index (κ3) is 5.22. The molecule has 2 N–H and O–H groups in total. The first kappa shape index (κ1) is 24.8. The third-order valence-electron chi connectivity index (χ3n) is 5.34. The molecule has 1 aromatic heterocycles. The number of ether oxygens (including phenoxy) is 1. The molecule has 0 spiro atoms. The minimum Gasteiger partial charge on any atom is -0.478 e. The van der Waals surface area contributed by atoms with E-state index in [1.165, 1.54) is 25.2 Å². The summed E-state index contributed by atoms with van der Waals surface area (Å²) in [4.78, 5) is 24.3. The van der Waals surface area contributed by atoms with Gasteiger partial charge < -0.3 is 15.2 Å². The van der Waals surface area contributed by atoms with Crippen molar-refractivity contribution in [3.8, 4) is 11.6 Å². The Bertz CT molecular complexity index is 1240. The minimum absolute atomic E-state index is 0.0441. The second kappa shape index (κ2) is 9.98. The molecule has 0 aliphatic carbocycles. The average Bonchev–Trinajstić information content (AvgIpc) is 3.09. The van der Waals surface area contributed by atoms with Crippen LogP contribution in [0.4, 0.5) is 13.2 Å². The molecular weight excluding hydrogens is 451 g/mol. The predicted octanol–water partition coefficient (Wildman–Crippen LogP) is 5.35. The van der Waals surface area contributed by atoms with E-state index in [1.54, 1.807) is 26.0 Å². The van der Waals surface area contributed by atoms with Gasteiger partial charge in [0.25, 0.3) is 12.3 Å². The van der Waals surface area contributed by atoms with E-state index in [0.29, 0.717) is 23.1 Å². The number of amides is 1. The summed E-state index contributed by atoms with van der Waals surface area (Å²) in [7, 11) is 1.34.